The lowest BCUT2D eigenvalue weighted by atomic mass is 10.1. The topological polar surface area (TPSA) is 38.0 Å². The number of nitrogens with one attached hydrogen (secondary N) is 1. The lowest BCUT2D eigenvalue weighted by molar-refractivity contribution is 0.0984. The summed E-state index contributed by atoms with van der Waals surface area (Å²) in [7, 11) is 0. The van der Waals surface area contributed by atoms with Gasteiger partial charge >= 0.3 is 0 Å². The molecule has 1 aromatic carbocycles. The molecule has 1 atom stereocenters. The third-order valence-corrected chi connectivity index (χ3v) is 2.57. The van der Waals surface area contributed by atoms with Crippen molar-refractivity contribution < 1.29 is 13.2 Å². The lowest BCUT2D eigenvalue weighted by Gasteiger charge is -2.14. The summed E-state index contributed by atoms with van der Waals surface area (Å²) >= 11 is 2.98. The van der Waals surface area contributed by atoms with Gasteiger partial charge in [0.15, 0.2) is 0 Å². The van der Waals surface area contributed by atoms with E-state index < -0.39 is 18.3 Å². The number of benzene rings is 1. The smallest absolute Gasteiger partial charge is 0.255 e. The average molecular weight is 283 g/mol. The van der Waals surface area contributed by atoms with Crippen molar-refractivity contribution in [2.75, 3.05) is 0 Å². The molecule has 3 N–H and O–H groups in total. The molecule has 0 aliphatic carbocycles. The molecule has 84 valence electrons. The van der Waals surface area contributed by atoms with Crippen LogP contribution in [0.1, 0.15) is 5.56 Å². The van der Waals surface area contributed by atoms with E-state index in [1.54, 1.807) is 0 Å². The second-order valence-electron chi connectivity index (χ2n) is 3.06. The zero-order valence-electron chi connectivity index (χ0n) is 7.68. The summed E-state index contributed by atoms with van der Waals surface area (Å²) in [6.45, 7) is 0. The van der Waals surface area contributed by atoms with Gasteiger partial charge in [0.2, 0.25) is 0 Å². The highest BCUT2D eigenvalue weighted by Gasteiger charge is 2.19. The van der Waals surface area contributed by atoms with E-state index in [-0.39, 0.29) is 10.9 Å². The minimum atomic E-state index is -2.56. The molecule has 6 heteroatoms. The van der Waals surface area contributed by atoms with Crippen LogP contribution >= 0.6 is 15.9 Å². The Morgan fingerprint density at radius 2 is 2.07 bits per heavy atom. The Bertz CT molecular complexity index is 333. The summed E-state index contributed by atoms with van der Waals surface area (Å²) in [5.41, 5.74) is 2.61. The molecule has 2 nitrogen and oxygen atoms in total. The van der Waals surface area contributed by atoms with Crippen LogP contribution in [0.2, 0.25) is 0 Å². The molecular formula is C9H10BrF3N2. The second kappa shape index (κ2) is 5.48. The fourth-order valence-electron chi connectivity index (χ4n) is 1.14. The lowest BCUT2D eigenvalue weighted by Crippen LogP contribution is -2.42. The SMILES string of the molecule is NNC(Cc1ccc(F)c(Br)c1)C(F)F. The molecule has 0 aromatic heterocycles. The van der Waals surface area contributed by atoms with Gasteiger partial charge in [-0.1, -0.05) is 6.07 Å². The quantitative estimate of drug-likeness (QED) is 0.657. The Morgan fingerprint density at radius 3 is 2.53 bits per heavy atom. The third-order valence-electron chi connectivity index (χ3n) is 1.96. The van der Waals surface area contributed by atoms with Crippen LogP contribution in [0.15, 0.2) is 22.7 Å². The summed E-state index contributed by atoms with van der Waals surface area (Å²) < 4.78 is 37.8. The third kappa shape index (κ3) is 3.48. The summed E-state index contributed by atoms with van der Waals surface area (Å²) in [5, 5.41) is 0. The molecular weight excluding hydrogens is 273 g/mol. The van der Waals surface area contributed by atoms with E-state index in [0.717, 1.165) is 0 Å². The molecule has 0 radical (unpaired) electrons. The van der Waals surface area contributed by atoms with Crippen molar-refractivity contribution in [2.24, 2.45) is 5.84 Å². The van der Waals surface area contributed by atoms with E-state index in [4.69, 9.17) is 5.84 Å². The Labute approximate surface area is 93.8 Å². The first-order chi connectivity index (χ1) is 7.04. The van der Waals surface area contributed by atoms with Crippen molar-refractivity contribution in [1.82, 2.24) is 5.43 Å². The summed E-state index contributed by atoms with van der Waals surface area (Å²) in [4.78, 5) is 0. The molecule has 0 amide bonds. The molecule has 0 saturated carbocycles. The van der Waals surface area contributed by atoms with E-state index in [2.05, 4.69) is 15.9 Å². The van der Waals surface area contributed by atoms with Crippen LogP contribution in [0.4, 0.5) is 13.2 Å². The summed E-state index contributed by atoms with van der Waals surface area (Å²) in [5.74, 6) is 4.55. The average Bonchev–Trinajstić information content (AvgIpc) is 2.19. The largest absolute Gasteiger partial charge is 0.271 e. The van der Waals surface area contributed by atoms with Crippen LogP contribution in [0, 0.1) is 5.82 Å². The van der Waals surface area contributed by atoms with Crippen LogP contribution in [0.25, 0.3) is 0 Å². The van der Waals surface area contributed by atoms with Gasteiger partial charge in [0, 0.05) is 0 Å². The molecule has 1 rings (SSSR count). The van der Waals surface area contributed by atoms with Crippen LogP contribution in [0.3, 0.4) is 0 Å². The van der Waals surface area contributed by atoms with Gasteiger partial charge in [-0.3, -0.25) is 11.3 Å². The number of halogens is 4. The maximum atomic E-state index is 12.8. The molecule has 0 aliphatic rings. The number of nitrogens with two attached hydrogens (primary N) is 1. The van der Waals surface area contributed by atoms with Crippen molar-refractivity contribution in [3.8, 4) is 0 Å². The van der Waals surface area contributed by atoms with Crippen LogP contribution in [-0.2, 0) is 6.42 Å². The maximum absolute atomic E-state index is 12.8. The van der Waals surface area contributed by atoms with Crippen molar-refractivity contribution in [3.63, 3.8) is 0 Å². The Morgan fingerprint density at radius 1 is 1.40 bits per heavy atom. The highest BCUT2D eigenvalue weighted by Crippen LogP contribution is 2.18. The zero-order valence-corrected chi connectivity index (χ0v) is 9.27. The Hall–Kier alpha value is -0.590. The predicted molar refractivity (Wildman–Crippen MR) is 54.9 cm³/mol. The van der Waals surface area contributed by atoms with Gasteiger partial charge in [0.25, 0.3) is 6.43 Å². The van der Waals surface area contributed by atoms with Crippen molar-refractivity contribution in [1.29, 1.82) is 0 Å². The molecule has 1 aromatic rings. The fourth-order valence-corrected chi connectivity index (χ4v) is 1.57. The van der Waals surface area contributed by atoms with E-state index >= 15 is 0 Å². The van der Waals surface area contributed by atoms with Gasteiger partial charge in [-0.05, 0) is 40.0 Å². The first-order valence-electron chi connectivity index (χ1n) is 4.22. The monoisotopic (exact) mass is 282 g/mol. The van der Waals surface area contributed by atoms with E-state index in [0.29, 0.717) is 5.56 Å². The van der Waals surface area contributed by atoms with Gasteiger partial charge in [0.1, 0.15) is 5.82 Å². The zero-order chi connectivity index (χ0) is 11.4. The van der Waals surface area contributed by atoms with E-state index in [9.17, 15) is 13.2 Å². The maximum Gasteiger partial charge on any atom is 0.255 e. The highest BCUT2D eigenvalue weighted by molar-refractivity contribution is 9.10. The molecule has 1 unspecified atom stereocenters. The normalized spacial score (nSPS) is 13.2. The predicted octanol–water partition coefficient (Wildman–Crippen LogP) is 2.23. The van der Waals surface area contributed by atoms with Crippen LogP contribution < -0.4 is 11.3 Å². The number of hydrogen-bond acceptors (Lipinski definition) is 2. The minimum absolute atomic E-state index is 0.0487. The molecule has 0 fully saturated rings. The molecule has 0 saturated heterocycles. The van der Waals surface area contributed by atoms with Crippen molar-refractivity contribution >= 4 is 15.9 Å². The van der Waals surface area contributed by atoms with Gasteiger partial charge in [-0.15, -0.1) is 0 Å². The Balaban J connectivity index is 2.75. The molecule has 0 bridgehead atoms. The first kappa shape index (κ1) is 12.5. The van der Waals surface area contributed by atoms with E-state index in [1.165, 1.54) is 18.2 Å². The highest BCUT2D eigenvalue weighted by atomic mass is 79.9. The summed E-state index contributed by atoms with van der Waals surface area (Å²) in [6, 6.07) is 3.01. The standard InChI is InChI=1S/C9H10BrF3N2/c10-6-3-5(1-2-7(6)11)4-8(15-14)9(12)13/h1-3,8-9,15H,4,14H2. The number of hydrogen-bond donors (Lipinski definition) is 2. The number of rotatable bonds is 4. The van der Waals surface area contributed by atoms with Crippen LogP contribution in [0.5, 0.6) is 0 Å². The summed E-state index contributed by atoms with van der Waals surface area (Å²) in [6.07, 6.45) is -2.51. The van der Waals surface area contributed by atoms with Crippen molar-refractivity contribution in [3.05, 3.63) is 34.1 Å². The molecule has 0 spiro atoms. The van der Waals surface area contributed by atoms with Gasteiger partial charge in [-0.2, -0.15) is 0 Å². The molecule has 0 aliphatic heterocycles. The first-order valence-corrected chi connectivity index (χ1v) is 5.02. The minimum Gasteiger partial charge on any atom is -0.271 e. The molecule has 0 heterocycles. The second-order valence-corrected chi connectivity index (χ2v) is 3.91. The van der Waals surface area contributed by atoms with Gasteiger partial charge < -0.3 is 0 Å². The fraction of sp³-hybridized carbons (Fsp3) is 0.333. The van der Waals surface area contributed by atoms with Gasteiger partial charge in [0.05, 0.1) is 10.5 Å². The van der Waals surface area contributed by atoms with E-state index in [1.807, 2.05) is 5.43 Å². The molecule has 15 heavy (non-hydrogen) atoms. The van der Waals surface area contributed by atoms with Crippen molar-refractivity contribution in [2.45, 2.75) is 18.9 Å². The van der Waals surface area contributed by atoms with Gasteiger partial charge in [-0.25, -0.2) is 13.2 Å². The number of hydrazine groups is 1. The number of alkyl halides is 2. The van der Waals surface area contributed by atoms with Crippen LogP contribution in [-0.4, -0.2) is 12.5 Å². The Kier molecular flexibility index (Phi) is 4.56.